The van der Waals surface area contributed by atoms with E-state index in [1.807, 2.05) is 5.51 Å². The third-order valence-corrected chi connectivity index (χ3v) is 2.62. The van der Waals surface area contributed by atoms with Crippen molar-refractivity contribution < 1.29 is 0 Å². The van der Waals surface area contributed by atoms with Gasteiger partial charge in [0.05, 0.1) is 11.2 Å². The number of hydrogen-bond acceptors (Lipinski definition) is 2. The molecular weight excluding hydrogens is 154 g/mol. The summed E-state index contributed by atoms with van der Waals surface area (Å²) in [7, 11) is 0. The van der Waals surface area contributed by atoms with E-state index in [9.17, 15) is 0 Å². The second-order valence-corrected chi connectivity index (χ2v) is 3.66. The number of rotatable bonds is 4. The summed E-state index contributed by atoms with van der Waals surface area (Å²) in [6.07, 6.45) is 4.80. The van der Waals surface area contributed by atoms with Crippen LogP contribution < -0.4 is 0 Å². The topological polar surface area (TPSA) is 12.9 Å². The first-order chi connectivity index (χ1) is 5.38. The number of aryl methyl sites for hydroxylation is 2. The third kappa shape index (κ3) is 2.29. The average Bonchev–Trinajstić information content (AvgIpc) is 2.39. The molecule has 11 heavy (non-hydrogen) atoms. The summed E-state index contributed by atoms with van der Waals surface area (Å²) in [5.41, 5.74) is 3.30. The summed E-state index contributed by atoms with van der Waals surface area (Å²) in [5, 5.41) is 0. The van der Waals surface area contributed by atoms with Gasteiger partial charge in [0.2, 0.25) is 0 Å². The van der Waals surface area contributed by atoms with E-state index in [-0.39, 0.29) is 0 Å². The van der Waals surface area contributed by atoms with Crippen molar-refractivity contribution in [1.82, 2.24) is 4.98 Å². The third-order valence-electron chi connectivity index (χ3n) is 1.69. The largest absolute Gasteiger partial charge is 0.249 e. The molecule has 1 aromatic rings. The summed E-state index contributed by atoms with van der Waals surface area (Å²) in [4.78, 5) is 5.84. The first kappa shape index (κ1) is 8.72. The zero-order chi connectivity index (χ0) is 8.10. The number of hydrogen-bond donors (Lipinski definition) is 0. The highest BCUT2D eigenvalue weighted by Crippen LogP contribution is 2.16. The van der Waals surface area contributed by atoms with Crippen LogP contribution >= 0.6 is 11.3 Å². The van der Waals surface area contributed by atoms with E-state index in [2.05, 4.69) is 18.8 Å². The molecule has 0 saturated carbocycles. The Morgan fingerprint density at radius 3 is 2.64 bits per heavy atom. The number of nitrogens with zero attached hydrogens (tertiary/aromatic N) is 1. The standard InChI is InChI=1S/C9H15NS/c1-3-5-8-9(6-4-2)11-7-10-8/h7H,3-6H2,1-2H3. The van der Waals surface area contributed by atoms with Crippen molar-refractivity contribution in [3.8, 4) is 0 Å². The van der Waals surface area contributed by atoms with Gasteiger partial charge in [-0.2, -0.15) is 0 Å². The van der Waals surface area contributed by atoms with E-state index in [0.29, 0.717) is 0 Å². The van der Waals surface area contributed by atoms with E-state index >= 15 is 0 Å². The van der Waals surface area contributed by atoms with Crippen molar-refractivity contribution in [3.63, 3.8) is 0 Å². The molecule has 0 fully saturated rings. The molecule has 1 aromatic heterocycles. The Labute approximate surface area is 72.5 Å². The maximum atomic E-state index is 4.34. The molecule has 0 aliphatic carbocycles. The molecule has 0 atom stereocenters. The van der Waals surface area contributed by atoms with Crippen molar-refractivity contribution in [1.29, 1.82) is 0 Å². The van der Waals surface area contributed by atoms with Crippen LogP contribution in [0.3, 0.4) is 0 Å². The van der Waals surface area contributed by atoms with Gasteiger partial charge in [0, 0.05) is 4.88 Å². The Hall–Kier alpha value is -0.370. The SMILES string of the molecule is CCCc1ncsc1CCC. The summed E-state index contributed by atoms with van der Waals surface area (Å²) in [6, 6.07) is 0. The second-order valence-electron chi connectivity index (χ2n) is 2.72. The van der Waals surface area contributed by atoms with Crippen molar-refractivity contribution in [2.24, 2.45) is 0 Å². The molecule has 1 rings (SSSR count). The van der Waals surface area contributed by atoms with Crippen LogP contribution in [0.25, 0.3) is 0 Å². The molecule has 0 amide bonds. The quantitative estimate of drug-likeness (QED) is 0.675. The molecule has 2 heteroatoms. The molecule has 0 radical (unpaired) electrons. The Bertz CT molecular complexity index is 185. The van der Waals surface area contributed by atoms with Crippen molar-refractivity contribution in [3.05, 3.63) is 16.1 Å². The van der Waals surface area contributed by atoms with Crippen molar-refractivity contribution >= 4 is 11.3 Å². The van der Waals surface area contributed by atoms with Gasteiger partial charge >= 0.3 is 0 Å². The fourth-order valence-electron chi connectivity index (χ4n) is 1.16. The molecule has 0 bridgehead atoms. The van der Waals surface area contributed by atoms with E-state index in [0.717, 1.165) is 6.42 Å². The number of aromatic nitrogens is 1. The second kappa shape index (κ2) is 4.50. The van der Waals surface area contributed by atoms with Crippen LogP contribution in [0.15, 0.2) is 5.51 Å². The zero-order valence-electron chi connectivity index (χ0n) is 7.26. The summed E-state index contributed by atoms with van der Waals surface area (Å²) in [5.74, 6) is 0. The maximum Gasteiger partial charge on any atom is 0.0797 e. The monoisotopic (exact) mass is 169 g/mol. The smallest absolute Gasteiger partial charge is 0.0797 e. The molecule has 0 spiro atoms. The fraction of sp³-hybridized carbons (Fsp3) is 0.667. The van der Waals surface area contributed by atoms with Gasteiger partial charge in [-0.3, -0.25) is 0 Å². The van der Waals surface area contributed by atoms with Crippen LogP contribution in [0.1, 0.15) is 37.3 Å². The highest BCUT2D eigenvalue weighted by molar-refractivity contribution is 7.09. The first-order valence-electron chi connectivity index (χ1n) is 4.29. The molecule has 0 aliphatic heterocycles. The molecule has 0 aromatic carbocycles. The minimum absolute atomic E-state index is 1.15. The van der Waals surface area contributed by atoms with Gasteiger partial charge in [-0.05, 0) is 12.8 Å². The van der Waals surface area contributed by atoms with Crippen LogP contribution in [-0.2, 0) is 12.8 Å². The normalized spacial score (nSPS) is 10.4. The van der Waals surface area contributed by atoms with E-state index < -0.39 is 0 Å². The molecule has 0 aliphatic rings. The summed E-state index contributed by atoms with van der Waals surface area (Å²) >= 11 is 1.80. The fourth-order valence-corrected chi connectivity index (χ4v) is 2.08. The van der Waals surface area contributed by atoms with Gasteiger partial charge in [0.15, 0.2) is 0 Å². The Kier molecular flexibility index (Phi) is 3.57. The van der Waals surface area contributed by atoms with Crippen LogP contribution in [0.5, 0.6) is 0 Å². The van der Waals surface area contributed by atoms with E-state index in [4.69, 9.17) is 0 Å². The van der Waals surface area contributed by atoms with Crippen LogP contribution in [0.4, 0.5) is 0 Å². The lowest BCUT2D eigenvalue weighted by Gasteiger charge is -1.96. The first-order valence-corrected chi connectivity index (χ1v) is 5.17. The lowest BCUT2D eigenvalue weighted by atomic mass is 10.2. The molecular formula is C9H15NS. The Morgan fingerprint density at radius 1 is 1.27 bits per heavy atom. The summed E-state index contributed by atoms with van der Waals surface area (Å²) < 4.78 is 0. The zero-order valence-corrected chi connectivity index (χ0v) is 8.08. The highest BCUT2D eigenvalue weighted by atomic mass is 32.1. The van der Waals surface area contributed by atoms with Crippen LogP contribution in [0, 0.1) is 0 Å². The maximum absolute atomic E-state index is 4.34. The number of thiazole rings is 1. The van der Waals surface area contributed by atoms with Gasteiger partial charge < -0.3 is 0 Å². The molecule has 0 unspecified atom stereocenters. The lowest BCUT2D eigenvalue weighted by molar-refractivity contribution is 0.851. The van der Waals surface area contributed by atoms with Gasteiger partial charge in [0.25, 0.3) is 0 Å². The summed E-state index contributed by atoms with van der Waals surface area (Å²) in [6.45, 7) is 4.42. The lowest BCUT2D eigenvalue weighted by Crippen LogP contribution is -1.89. The van der Waals surface area contributed by atoms with Gasteiger partial charge in [-0.25, -0.2) is 4.98 Å². The molecule has 0 N–H and O–H groups in total. The van der Waals surface area contributed by atoms with E-state index in [1.165, 1.54) is 29.8 Å². The van der Waals surface area contributed by atoms with Gasteiger partial charge in [-0.1, -0.05) is 26.7 Å². The predicted molar refractivity (Wildman–Crippen MR) is 50.1 cm³/mol. The minimum Gasteiger partial charge on any atom is -0.249 e. The van der Waals surface area contributed by atoms with Gasteiger partial charge in [-0.15, -0.1) is 11.3 Å². The van der Waals surface area contributed by atoms with Crippen LogP contribution in [-0.4, -0.2) is 4.98 Å². The highest BCUT2D eigenvalue weighted by Gasteiger charge is 2.02. The minimum atomic E-state index is 1.15. The predicted octanol–water partition coefficient (Wildman–Crippen LogP) is 3.05. The molecule has 1 nitrogen and oxygen atoms in total. The van der Waals surface area contributed by atoms with Crippen molar-refractivity contribution in [2.75, 3.05) is 0 Å². The van der Waals surface area contributed by atoms with Gasteiger partial charge in [0.1, 0.15) is 0 Å². The Balaban J connectivity index is 2.62. The molecule has 1 heterocycles. The molecule has 0 saturated heterocycles. The Morgan fingerprint density at radius 2 is 2.00 bits per heavy atom. The average molecular weight is 169 g/mol. The van der Waals surface area contributed by atoms with E-state index in [1.54, 1.807) is 11.3 Å². The van der Waals surface area contributed by atoms with Crippen LogP contribution in [0.2, 0.25) is 0 Å². The molecule has 62 valence electrons. The van der Waals surface area contributed by atoms with Crippen molar-refractivity contribution in [2.45, 2.75) is 39.5 Å².